The zero-order valence-corrected chi connectivity index (χ0v) is 16.9. The van der Waals surface area contributed by atoms with E-state index in [9.17, 15) is 4.79 Å². The number of carbonyl (C=O) groups is 1. The van der Waals surface area contributed by atoms with E-state index in [0.29, 0.717) is 5.92 Å². The summed E-state index contributed by atoms with van der Waals surface area (Å²) < 4.78 is 0. The lowest BCUT2D eigenvalue weighted by atomic mass is 9.92. The molecule has 4 heteroatoms. The molecule has 0 bridgehead atoms. The Morgan fingerprint density at radius 2 is 1.73 bits per heavy atom. The van der Waals surface area contributed by atoms with E-state index < -0.39 is 0 Å². The number of rotatable bonds is 4. The molecule has 0 spiro atoms. The number of amides is 1. The van der Waals surface area contributed by atoms with Gasteiger partial charge in [0, 0.05) is 41.6 Å². The van der Waals surface area contributed by atoms with E-state index in [1.807, 2.05) is 47.4 Å². The molecule has 1 saturated heterocycles. The molecule has 0 aliphatic carbocycles. The molecule has 1 amide bonds. The van der Waals surface area contributed by atoms with Crippen molar-refractivity contribution in [3.63, 3.8) is 0 Å². The first-order valence-corrected chi connectivity index (χ1v) is 10.6. The summed E-state index contributed by atoms with van der Waals surface area (Å²) in [4.78, 5) is 22.8. The van der Waals surface area contributed by atoms with Crippen molar-refractivity contribution in [2.24, 2.45) is 5.92 Å². The van der Waals surface area contributed by atoms with Gasteiger partial charge < -0.3 is 9.88 Å². The molecule has 0 atom stereocenters. The van der Waals surface area contributed by atoms with Crippen LogP contribution >= 0.6 is 0 Å². The molecule has 0 radical (unpaired) electrons. The Bertz CT molecular complexity index is 1110. The van der Waals surface area contributed by atoms with E-state index in [1.54, 1.807) is 6.20 Å². The van der Waals surface area contributed by atoms with Crippen LogP contribution in [0.4, 0.5) is 0 Å². The number of fused-ring (bicyclic) bond motifs is 1. The van der Waals surface area contributed by atoms with Gasteiger partial charge in [-0.05, 0) is 67.0 Å². The van der Waals surface area contributed by atoms with Crippen molar-refractivity contribution in [2.75, 3.05) is 13.1 Å². The molecule has 4 aromatic rings. The maximum absolute atomic E-state index is 12.9. The van der Waals surface area contributed by atoms with Gasteiger partial charge in [-0.2, -0.15) is 0 Å². The minimum absolute atomic E-state index is 0.131. The molecule has 1 N–H and O–H groups in total. The third-order valence-electron chi connectivity index (χ3n) is 6.09. The first kappa shape index (κ1) is 18.6. The van der Waals surface area contributed by atoms with Crippen LogP contribution in [-0.2, 0) is 6.42 Å². The Kier molecular flexibility index (Phi) is 5.06. The largest absolute Gasteiger partial charge is 0.358 e. The predicted octanol–water partition coefficient (Wildman–Crippen LogP) is 5.32. The Hall–Kier alpha value is -3.40. The zero-order chi connectivity index (χ0) is 20.3. The number of nitrogens with one attached hydrogen (secondary N) is 1. The lowest BCUT2D eigenvalue weighted by Crippen LogP contribution is -2.38. The van der Waals surface area contributed by atoms with E-state index in [4.69, 9.17) is 0 Å². The van der Waals surface area contributed by atoms with Gasteiger partial charge in [-0.15, -0.1) is 0 Å². The molecule has 1 fully saturated rings. The van der Waals surface area contributed by atoms with Gasteiger partial charge in [0.15, 0.2) is 0 Å². The maximum Gasteiger partial charge on any atom is 0.253 e. The molecule has 5 rings (SSSR count). The number of H-pyrrole nitrogens is 1. The maximum atomic E-state index is 12.9. The summed E-state index contributed by atoms with van der Waals surface area (Å²) in [6.07, 6.45) is 4.93. The molecular weight excluding hydrogens is 370 g/mol. The highest BCUT2D eigenvalue weighted by Gasteiger charge is 2.24. The monoisotopic (exact) mass is 395 g/mol. The van der Waals surface area contributed by atoms with Crippen LogP contribution in [0.2, 0.25) is 0 Å². The third kappa shape index (κ3) is 3.86. The van der Waals surface area contributed by atoms with Crippen LogP contribution in [0.5, 0.6) is 0 Å². The van der Waals surface area contributed by atoms with E-state index in [1.165, 1.54) is 16.6 Å². The average molecular weight is 396 g/mol. The number of pyridine rings is 1. The van der Waals surface area contributed by atoms with Crippen LogP contribution in [0.1, 0.15) is 28.9 Å². The summed E-state index contributed by atoms with van der Waals surface area (Å²) in [7, 11) is 0. The zero-order valence-electron chi connectivity index (χ0n) is 16.9. The fourth-order valence-electron chi connectivity index (χ4n) is 4.39. The smallest absolute Gasteiger partial charge is 0.253 e. The molecular formula is C26H25N3O. The Morgan fingerprint density at radius 1 is 0.967 bits per heavy atom. The Labute approximate surface area is 176 Å². The number of nitrogens with zero attached hydrogens (tertiary/aromatic N) is 2. The van der Waals surface area contributed by atoms with Gasteiger partial charge in [0.05, 0.1) is 5.69 Å². The van der Waals surface area contributed by atoms with Crippen molar-refractivity contribution in [2.45, 2.75) is 19.3 Å². The van der Waals surface area contributed by atoms with Crippen molar-refractivity contribution in [3.8, 4) is 11.3 Å². The van der Waals surface area contributed by atoms with Gasteiger partial charge in [-0.1, -0.05) is 36.4 Å². The highest BCUT2D eigenvalue weighted by atomic mass is 16.2. The lowest BCUT2D eigenvalue weighted by molar-refractivity contribution is 0.0690. The number of piperidine rings is 1. The second-order valence-corrected chi connectivity index (χ2v) is 8.11. The van der Waals surface area contributed by atoms with Crippen LogP contribution < -0.4 is 0 Å². The van der Waals surface area contributed by atoms with Gasteiger partial charge in [0.1, 0.15) is 0 Å². The summed E-state index contributed by atoms with van der Waals surface area (Å²) >= 11 is 0. The van der Waals surface area contributed by atoms with Crippen LogP contribution in [0, 0.1) is 5.92 Å². The number of benzene rings is 2. The Morgan fingerprint density at radius 3 is 2.47 bits per heavy atom. The molecule has 150 valence electrons. The second kappa shape index (κ2) is 8.15. The topological polar surface area (TPSA) is 49.0 Å². The van der Waals surface area contributed by atoms with Crippen LogP contribution in [-0.4, -0.2) is 33.9 Å². The van der Waals surface area contributed by atoms with Gasteiger partial charge in [-0.3, -0.25) is 9.78 Å². The van der Waals surface area contributed by atoms with Crippen molar-refractivity contribution in [1.29, 1.82) is 0 Å². The molecule has 2 aromatic heterocycles. The molecule has 0 saturated carbocycles. The summed E-state index contributed by atoms with van der Waals surface area (Å²) in [6.45, 7) is 1.65. The molecule has 4 nitrogen and oxygen atoms in total. The van der Waals surface area contributed by atoms with Crippen molar-refractivity contribution < 1.29 is 4.79 Å². The Balaban J connectivity index is 1.19. The number of aromatic nitrogens is 2. The van der Waals surface area contributed by atoms with Crippen molar-refractivity contribution in [1.82, 2.24) is 14.9 Å². The number of para-hydroxylation sites is 1. The minimum atomic E-state index is 0.131. The third-order valence-corrected chi connectivity index (χ3v) is 6.09. The van der Waals surface area contributed by atoms with Crippen LogP contribution in [0.3, 0.4) is 0 Å². The number of carbonyl (C=O) groups excluding carboxylic acids is 1. The average Bonchev–Trinajstić information content (AvgIpc) is 3.22. The van der Waals surface area contributed by atoms with Gasteiger partial charge in [0.2, 0.25) is 0 Å². The predicted molar refractivity (Wildman–Crippen MR) is 120 cm³/mol. The standard InChI is InChI=1S/C26H25N3O/c30-26(21-10-8-20(9-11-21)24-6-3-4-14-27-24)29-15-12-19(13-16-29)17-23-18-22-5-1-2-7-25(22)28-23/h1-11,14,18-19,28H,12-13,15-17H2. The molecule has 3 heterocycles. The van der Waals surface area contributed by atoms with Gasteiger partial charge >= 0.3 is 0 Å². The number of hydrogen-bond acceptors (Lipinski definition) is 2. The highest BCUT2D eigenvalue weighted by molar-refractivity contribution is 5.94. The molecule has 2 aromatic carbocycles. The highest BCUT2D eigenvalue weighted by Crippen LogP contribution is 2.25. The first-order valence-electron chi connectivity index (χ1n) is 10.6. The fourth-order valence-corrected chi connectivity index (χ4v) is 4.39. The number of hydrogen-bond donors (Lipinski definition) is 1. The summed E-state index contributed by atoms with van der Waals surface area (Å²) in [5.41, 5.74) is 5.21. The van der Waals surface area contributed by atoms with Gasteiger partial charge in [0.25, 0.3) is 5.91 Å². The minimum Gasteiger partial charge on any atom is -0.358 e. The summed E-state index contributed by atoms with van der Waals surface area (Å²) in [5, 5.41) is 1.27. The fraction of sp³-hybridized carbons (Fsp3) is 0.231. The lowest BCUT2D eigenvalue weighted by Gasteiger charge is -2.32. The molecule has 1 aliphatic rings. The quantitative estimate of drug-likeness (QED) is 0.508. The first-order chi connectivity index (χ1) is 14.8. The van der Waals surface area contributed by atoms with E-state index in [2.05, 4.69) is 40.3 Å². The van der Waals surface area contributed by atoms with E-state index in [-0.39, 0.29) is 5.91 Å². The molecule has 0 unspecified atom stereocenters. The summed E-state index contributed by atoms with van der Waals surface area (Å²) in [6, 6.07) is 24.3. The van der Waals surface area contributed by atoms with Crippen LogP contribution in [0.25, 0.3) is 22.2 Å². The number of likely N-dealkylation sites (tertiary alicyclic amines) is 1. The normalized spacial score (nSPS) is 14.9. The number of aromatic amines is 1. The molecule has 30 heavy (non-hydrogen) atoms. The van der Waals surface area contributed by atoms with Crippen molar-refractivity contribution >= 4 is 16.8 Å². The van der Waals surface area contributed by atoms with E-state index in [0.717, 1.165) is 49.2 Å². The SMILES string of the molecule is O=C(c1ccc(-c2ccccn2)cc1)N1CCC(Cc2cc3ccccc3[nH]2)CC1. The van der Waals surface area contributed by atoms with E-state index >= 15 is 0 Å². The molecule has 1 aliphatic heterocycles. The van der Waals surface area contributed by atoms with Gasteiger partial charge in [-0.25, -0.2) is 0 Å². The summed E-state index contributed by atoms with van der Waals surface area (Å²) in [5.74, 6) is 0.750. The second-order valence-electron chi connectivity index (χ2n) is 8.11. The van der Waals surface area contributed by atoms with Crippen LogP contribution in [0.15, 0.2) is 79.0 Å². The van der Waals surface area contributed by atoms with Crippen molar-refractivity contribution in [3.05, 3.63) is 90.3 Å².